The Morgan fingerprint density at radius 1 is 1.35 bits per heavy atom. The molecule has 3 N–H and O–H groups in total. The van der Waals surface area contributed by atoms with Gasteiger partial charge in [-0.2, -0.15) is 0 Å². The molecule has 1 fully saturated rings. The summed E-state index contributed by atoms with van der Waals surface area (Å²) in [5.41, 5.74) is 6.54. The van der Waals surface area contributed by atoms with Gasteiger partial charge in [-0.1, -0.05) is 0 Å². The van der Waals surface area contributed by atoms with E-state index < -0.39 is 0 Å². The molecule has 0 atom stereocenters. The molecule has 1 heterocycles. The smallest absolute Gasteiger partial charge is 0.151 e. The maximum absolute atomic E-state index is 8.97. The van der Waals surface area contributed by atoms with Gasteiger partial charge in [0.25, 0.3) is 0 Å². The number of hydrogen-bond donors (Lipinski definition) is 2. The molecule has 0 amide bonds. The molecule has 0 aromatic carbocycles. The van der Waals surface area contributed by atoms with Gasteiger partial charge in [-0.3, -0.25) is 4.98 Å². The molecule has 0 bridgehead atoms. The highest BCUT2D eigenvalue weighted by atomic mass is 16.3. The van der Waals surface area contributed by atoms with E-state index in [1.165, 1.54) is 19.3 Å². The molecule has 5 nitrogen and oxygen atoms in total. The molecule has 2 rings (SSSR count). The quantitative estimate of drug-likeness (QED) is 0.759. The van der Waals surface area contributed by atoms with Gasteiger partial charge in [0.05, 0.1) is 5.69 Å². The largest absolute Gasteiger partial charge is 0.396 e. The van der Waals surface area contributed by atoms with Crippen molar-refractivity contribution in [3.63, 3.8) is 0 Å². The minimum Gasteiger partial charge on any atom is -0.396 e. The van der Waals surface area contributed by atoms with Gasteiger partial charge < -0.3 is 15.7 Å². The van der Waals surface area contributed by atoms with Gasteiger partial charge in [0.2, 0.25) is 0 Å². The summed E-state index contributed by atoms with van der Waals surface area (Å²) in [5, 5.41) is 8.97. The summed E-state index contributed by atoms with van der Waals surface area (Å²) in [6.45, 7) is 1.44. The Labute approximate surface area is 102 Å². The summed E-state index contributed by atoms with van der Waals surface area (Å²) >= 11 is 0. The second kappa shape index (κ2) is 5.93. The Morgan fingerprint density at radius 2 is 2.12 bits per heavy atom. The average molecular weight is 236 g/mol. The van der Waals surface area contributed by atoms with E-state index in [0.29, 0.717) is 12.6 Å². The molecular formula is C12H20N4O. The zero-order valence-electron chi connectivity index (χ0n) is 10.0. The normalized spacial score (nSPS) is 15.6. The second-order valence-corrected chi connectivity index (χ2v) is 4.39. The third kappa shape index (κ3) is 2.73. The number of rotatable bonds is 6. The van der Waals surface area contributed by atoms with Crippen molar-refractivity contribution in [2.75, 3.05) is 18.1 Å². The first-order valence-electron chi connectivity index (χ1n) is 6.24. The highest BCUT2D eigenvalue weighted by molar-refractivity contribution is 5.44. The molecule has 17 heavy (non-hydrogen) atoms. The van der Waals surface area contributed by atoms with E-state index in [9.17, 15) is 0 Å². The van der Waals surface area contributed by atoms with Crippen molar-refractivity contribution in [3.05, 3.63) is 18.1 Å². The summed E-state index contributed by atoms with van der Waals surface area (Å²) in [4.78, 5) is 10.9. The number of nitrogens with two attached hydrogens (primary N) is 1. The standard InChI is InChI=1S/C12H20N4O/c13-9-11-12(15-6-5-14-11)16(7-2-8-17)10-3-1-4-10/h5-6,10,17H,1-4,7-9,13H2. The highest BCUT2D eigenvalue weighted by Crippen LogP contribution is 2.29. The average Bonchev–Trinajstić information content (AvgIpc) is 2.32. The summed E-state index contributed by atoms with van der Waals surface area (Å²) < 4.78 is 0. The van der Waals surface area contributed by atoms with Crippen LogP contribution in [0.1, 0.15) is 31.4 Å². The van der Waals surface area contributed by atoms with Crippen LogP contribution in [0, 0.1) is 0 Å². The predicted molar refractivity (Wildman–Crippen MR) is 66.6 cm³/mol. The minimum atomic E-state index is 0.210. The Morgan fingerprint density at radius 3 is 2.71 bits per heavy atom. The molecule has 0 aliphatic heterocycles. The van der Waals surface area contributed by atoms with Gasteiger partial charge >= 0.3 is 0 Å². The van der Waals surface area contributed by atoms with Crippen molar-refractivity contribution < 1.29 is 5.11 Å². The van der Waals surface area contributed by atoms with Crippen molar-refractivity contribution >= 4 is 5.82 Å². The first-order chi connectivity index (χ1) is 8.36. The third-order valence-electron chi connectivity index (χ3n) is 3.29. The summed E-state index contributed by atoms with van der Waals surface area (Å²) in [5.74, 6) is 0.896. The molecule has 1 aliphatic rings. The Bertz CT molecular complexity index is 354. The van der Waals surface area contributed by atoms with Crippen LogP contribution in [-0.2, 0) is 6.54 Å². The van der Waals surface area contributed by atoms with E-state index in [1.807, 2.05) is 0 Å². The van der Waals surface area contributed by atoms with Gasteiger partial charge in [-0.15, -0.1) is 0 Å². The first kappa shape index (κ1) is 12.3. The second-order valence-electron chi connectivity index (χ2n) is 4.39. The van der Waals surface area contributed by atoms with Crippen molar-refractivity contribution in [1.29, 1.82) is 0 Å². The summed E-state index contributed by atoms with van der Waals surface area (Å²) in [6, 6.07) is 0.545. The van der Waals surface area contributed by atoms with Crippen LogP contribution < -0.4 is 10.6 Å². The first-order valence-corrected chi connectivity index (χ1v) is 6.24. The lowest BCUT2D eigenvalue weighted by Crippen LogP contribution is -2.42. The molecule has 5 heteroatoms. The van der Waals surface area contributed by atoms with E-state index in [1.54, 1.807) is 12.4 Å². The number of aliphatic hydroxyl groups excluding tert-OH is 1. The lowest BCUT2D eigenvalue weighted by atomic mass is 9.91. The number of nitrogens with zero attached hydrogens (tertiary/aromatic N) is 3. The molecule has 0 unspecified atom stereocenters. The predicted octanol–water partition coefficient (Wildman–Crippen LogP) is 0.677. The highest BCUT2D eigenvalue weighted by Gasteiger charge is 2.27. The van der Waals surface area contributed by atoms with Gasteiger partial charge in [-0.05, 0) is 25.7 Å². The molecular weight excluding hydrogens is 216 g/mol. The number of aromatic nitrogens is 2. The maximum atomic E-state index is 8.97. The van der Waals surface area contributed by atoms with Crippen molar-refractivity contribution in [3.8, 4) is 0 Å². The number of hydrogen-bond acceptors (Lipinski definition) is 5. The van der Waals surface area contributed by atoms with Crippen LogP contribution in [0.5, 0.6) is 0 Å². The topological polar surface area (TPSA) is 75.3 Å². The fourth-order valence-corrected chi connectivity index (χ4v) is 2.14. The minimum absolute atomic E-state index is 0.210. The Hall–Kier alpha value is -1.20. The molecule has 1 aromatic rings. The Kier molecular flexibility index (Phi) is 4.28. The SMILES string of the molecule is NCc1nccnc1N(CCCO)C1CCC1. The van der Waals surface area contributed by atoms with Gasteiger partial charge in [-0.25, -0.2) is 4.98 Å². The molecule has 1 saturated carbocycles. The van der Waals surface area contributed by atoms with Crippen LogP contribution in [0.3, 0.4) is 0 Å². The molecule has 0 radical (unpaired) electrons. The number of anilines is 1. The van der Waals surface area contributed by atoms with Crippen LogP contribution in [0.25, 0.3) is 0 Å². The van der Waals surface area contributed by atoms with Crippen molar-refractivity contribution in [2.24, 2.45) is 5.73 Å². The fraction of sp³-hybridized carbons (Fsp3) is 0.667. The zero-order chi connectivity index (χ0) is 12.1. The monoisotopic (exact) mass is 236 g/mol. The molecule has 94 valence electrons. The van der Waals surface area contributed by atoms with Crippen LogP contribution in [0.2, 0.25) is 0 Å². The van der Waals surface area contributed by atoms with Crippen LogP contribution in [-0.4, -0.2) is 34.3 Å². The number of aliphatic hydroxyl groups is 1. The lowest BCUT2D eigenvalue weighted by Gasteiger charge is -2.39. The molecule has 1 aromatic heterocycles. The maximum Gasteiger partial charge on any atom is 0.151 e. The van der Waals surface area contributed by atoms with Crippen LogP contribution in [0.4, 0.5) is 5.82 Å². The van der Waals surface area contributed by atoms with Gasteiger partial charge in [0, 0.05) is 38.1 Å². The lowest BCUT2D eigenvalue weighted by molar-refractivity contribution is 0.282. The fourth-order valence-electron chi connectivity index (χ4n) is 2.14. The van der Waals surface area contributed by atoms with E-state index in [-0.39, 0.29) is 6.61 Å². The molecule has 0 spiro atoms. The van der Waals surface area contributed by atoms with Gasteiger partial charge in [0.15, 0.2) is 5.82 Å². The van der Waals surface area contributed by atoms with E-state index in [0.717, 1.165) is 24.5 Å². The van der Waals surface area contributed by atoms with E-state index in [4.69, 9.17) is 10.8 Å². The van der Waals surface area contributed by atoms with Gasteiger partial charge in [0.1, 0.15) is 0 Å². The zero-order valence-corrected chi connectivity index (χ0v) is 10.0. The molecule has 0 saturated heterocycles. The van der Waals surface area contributed by atoms with Crippen molar-refractivity contribution in [1.82, 2.24) is 9.97 Å². The Balaban J connectivity index is 2.17. The summed E-state index contributed by atoms with van der Waals surface area (Å²) in [6.07, 6.45) is 7.82. The third-order valence-corrected chi connectivity index (χ3v) is 3.29. The molecule has 1 aliphatic carbocycles. The van der Waals surface area contributed by atoms with E-state index in [2.05, 4.69) is 14.9 Å². The van der Waals surface area contributed by atoms with Crippen molar-refractivity contribution in [2.45, 2.75) is 38.3 Å². The summed E-state index contributed by atoms with van der Waals surface area (Å²) in [7, 11) is 0. The van der Waals surface area contributed by atoms with Crippen LogP contribution in [0.15, 0.2) is 12.4 Å². The van der Waals surface area contributed by atoms with Crippen LogP contribution >= 0.6 is 0 Å². The van der Waals surface area contributed by atoms with E-state index >= 15 is 0 Å².